The largest absolute Gasteiger partial charge is 0.504 e. The van der Waals surface area contributed by atoms with Gasteiger partial charge < -0.3 is 19.3 Å². The fraction of sp³-hybridized carbons (Fsp3) is 0.308. The van der Waals surface area contributed by atoms with Crippen LogP contribution in [0.15, 0.2) is 10.5 Å². The molecule has 0 fully saturated rings. The lowest BCUT2D eigenvalue weighted by Crippen LogP contribution is -2.08. The molecule has 1 aliphatic rings. The highest BCUT2D eigenvalue weighted by Crippen LogP contribution is 2.45. The van der Waals surface area contributed by atoms with Gasteiger partial charge in [0, 0.05) is 4.47 Å². The summed E-state index contributed by atoms with van der Waals surface area (Å²) in [5.74, 6) is 1.93. The fourth-order valence-corrected chi connectivity index (χ4v) is 2.48. The van der Waals surface area contributed by atoms with E-state index < -0.39 is 12.1 Å². The highest BCUT2D eigenvalue weighted by molar-refractivity contribution is 9.10. The molecule has 1 heterocycles. The van der Waals surface area contributed by atoms with Gasteiger partial charge in [-0.15, -0.1) is 6.42 Å². The number of hydrogen-bond donors (Lipinski definition) is 1. The predicted molar refractivity (Wildman–Crippen MR) is 70.2 cm³/mol. The van der Waals surface area contributed by atoms with Crippen molar-refractivity contribution >= 4 is 21.9 Å². The van der Waals surface area contributed by atoms with Gasteiger partial charge in [0.1, 0.15) is 6.61 Å². The van der Waals surface area contributed by atoms with Crippen LogP contribution < -0.4 is 4.74 Å². The van der Waals surface area contributed by atoms with Gasteiger partial charge in [-0.1, -0.05) is 5.92 Å². The van der Waals surface area contributed by atoms with E-state index in [1.54, 1.807) is 0 Å². The first-order valence-corrected chi connectivity index (χ1v) is 6.21. The molecule has 19 heavy (non-hydrogen) atoms. The molecule has 0 aromatic heterocycles. The maximum absolute atomic E-state index is 11.8. The summed E-state index contributed by atoms with van der Waals surface area (Å²) in [6.07, 6.45) is 4.38. The number of rotatable bonds is 4. The van der Waals surface area contributed by atoms with E-state index in [1.165, 1.54) is 13.2 Å². The molecular formula is C13H11BrO5. The number of terminal acetylenes is 1. The van der Waals surface area contributed by atoms with Gasteiger partial charge in [0.05, 0.1) is 24.8 Å². The second-order valence-corrected chi connectivity index (χ2v) is 4.67. The van der Waals surface area contributed by atoms with Gasteiger partial charge in [0.2, 0.25) is 0 Å². The Bertz CT molecular complexity index is 561. The summed E-state index contributed by atoms with van der Waals surface area (Å²) in [5, 5.41) is 10.1. The molecule has 0 amide bonds. The molecule has 0 aliphatic carbocycles. The lowest BCUT2D eigenvalue weighted by Gasteiger charge is -2.13. The predicted octanol–water partition coefficient (Wildman–Crippen LogP) is 2.02. The van der Waals surface area contributed by atoms with Gasteiger partial charge in [-0.25, -0.2) is 4.79 Å². The molecule has 0 spiro atoms. The number of esters is 1. The van der Waals surface area contributed by atoms with Crippen molar-refractivity contribution in [1.82, 2.24) is 0 Å². The number of ether oxygens (including phenoxy) is 3. The van der Waals surface area contributed by atoms with Crippen LogP contribution in [0.1, 0.15) is 22.0 Å². The van der Waals surface area contributed by atoms with E-state index >= 15 is 0 Å². The van der Waals surface area contributed by atoms with E-state index in [-0.39, 0.29) is 30.3 Å². The summed E-state index contributed by atoms with van der Waals surface area (Å²) in [5.41, 5.74) is 0.640. The van der Waals surface area contributed by atoms with Crippen molar-refractivity contribution in [2.24, 2.45) is 0 Å². The number of methoxy groups -OCH3 is 1. The van der Waals surface area contributed by atoms with E-state index in [4.69, 9.17) is 20.6 Å². The molecule has 1 aromatic rings. The van der Waals surface area contributed by atoms with Gasteiger partial charge in [-0.3, -0.25) is 0 Å². The molecule has 0 unspecified atom stereocenters. The average molecular weight is 327 g/mol. The minimum Gasteiger partial charge on any atom is -0.504 e. The number of benzene rings is 1. The van der Waals surface area contributed by atoms with Gasteiger partial charge in [0.25, 0.3) is 0 Å². The smallest absolute Gasteiger partial charge is 0.340 e. The standard InChI is InChI=1S/C13H11BrO5/c1-3-4-18-6-9-11-10(13(16)19-9)7(14)5-8(17-2)12(11)15/h1,5,9,15H,4,6H2,2H3/t9-/m1/s1. The van der Waals surface area contributed by atoms with Crippen LogP contribution in [0.3, 0.4) is 0 Å². The summed E-state index contributed by atoms with van der Waals surface area (Å²) < 4.78 is 15.9. The number of hydrogen-bond acceptors (Lipinski definition) is 5. The van der Waals surface area contributed by atoms with Crippen LogP contribution in [-0.2, 0) is 9.47 Å². The summed E-state index contributed by atoms with van der Waals surface area (Å²) in [4.78, 5) is 11.8. The molecule has 6 heteroatoms. The van der Waals surface area contributed by atoms with Crippen LogP contribution in [0, 0.1) is 12.3 Å². The molecule has 5 nitrogen and oxygen atoms in total. The third-order valence-electron chi connectivity index (χ3n) is 2.70. The van der Waals surface area contributed by atoms with Crippen molar-refractivity contribution in [2.75, 3.05) is 20.3 Å². The molecule has 0 saturated heterocycles. The second kappa shape index (κ2) is 5.51. The van der Waals surface area contributed by atoms with Gasteiger partial charge in [-0.05, 0) is 22.0 Å². The maximum atomic E-state index is 11.8. The number of halogens is 1. The van der Waals surface area contributed by atoms with Crippen molar-refractivity contribution in [1.29, 1.82) is 0 Å². The first-order chi connectivity index (χ1) is 9.10. The first kappa shape index (κ1) is 13.7. The molecule has 0 saturated carbocycles. The monoisotopic (exact) mass is 326 g/mol. The molecule has 2 rings (SSSR count). The molecule has 1 N–H and O–H groups in total. The third-order valence-corrected chi connectivity index (χ3v) is 3.33. The number of carbonyl (C=O) groups is 1. The van der Waals surface area contributed by atoms with Crippen LogP contribution >= 0.6 is 15.9 Å². The SMILES string of the molecule is C#CCOC[C@H]1OC(=O)c2c(Br)cc(OC)c(O)c21. The molecule has 0 bridgehead atoms. The Hall–Kier alpha value is -1.71. The highest BCUT2D eigenvalue weighted by Gasteiger charge is 2.37. The van der Waals surface area contributed by atoms with Crippen LogP contribution in [-0.4, -0.2) is 31.4 Å². The van der Waals surface area contributed by atoms with Crippen LogP contribution in [0.5, 0.6) is 11.5 Å². The Labute approximate surface area is 118 Å². The van der Waals surface area contributed by atoms with Crippen molar-refractivity contribution < 1.29 is 24.1 Å². The Morgan fingerprint density at radius 2 is 2.37 bits per heavy atom. The van der Waals surface area contributed by atoms with E-state index in [0.717, 1.165) is 0 Å². The first-order valence-electron chi connectivity index (χ1n) is 5.41. The number of fused-ring (bicyclic) bond motifs is 1. The summed E-state index contributed by atoms with van der Waals surface area (Å²) in [6.45, 7) is 0.186. The molecule has 1 aromatic carbocycles. The zero-order valence-electron chi connectivity index (χ0n) is 10.1. The van der Waals surface area contributed by atoms with Crippen molar-refractivity contribution in [3.63, 3.8) is 0 Å². The normalized spacial score (nSPS) is 16.7. The average Bonchev–Trinajstić information content (AvgIpc) is 2.72. The minimum absolute atomic E-state index is 0.0795. The zero-order chi connectivity index (χ0) is 14.0. The van der Waals surface area contributed by atoms with Crippen LogP contribution in [0.4, 0.5) is 0 Å². The van der Waals surface area contributed by atoms with E-state index in [2.05, 4.69) is 21.9 Å². The molecule has 0 radical (unpaired) electrons. The Balaban J connectivity index is 2.41. The minimum atomic E-state index is -0.692. The third kappa shape index (κ3) is 2.39. The maximum Gasteiger partial charge on any atom is 0.340 e. The summed E-state index contributed by atoms with van der Waals surface area (Å²) in [7, 11) is 1.43. The quantitative estimate of drug-likeness (QED) is 0.521. The fourth-order valence-electron chi connectivity index (χ4n) is 1.90. The Kier molecular flexibility index (Phi) is 3.98. The second-order valence-electron chi connectivity index (χ2n) is 3.81. The highest BCUT2D eigenvalue weighted by atomic mass is 79.9. The molecule has 1 atom stereocenters. The van der Waals surface area contributed by atoms with Crippen LogP contribution in [0.25, 0.3) is 0 Å². The van der Waals surface area contributed by atoms with E-state index in [0.29, 0.717) is 10.0 Å². The topological polar surface area (TPSA) is 65.0 Å². The summed E-state index contributed by atoms with van der Waals surface area (Å²) in [6, 6.07) is 1.51. The van der Waals surface area contributed by atoms with Crippen molar-refractivity contribution in [3.05, 3.63) is 21.7 Å². The molecule has 100 valence electrons. The number of phenolic OH excluding ortho intramolecular Hbond substituents is 1. The number of cyclic esters (lactones) is 1. The lowest BCUT2D eigenvalue weighted by atomic mass is 10.0. The van der Waals surface area contributed by atoms with Crippen LogP contribution in [0.2, 0.25) is 0 Å². The number of phenols is 1. The van der Waals surface area contributed by atoms with E-state index in [9.17, 15) is 9.90 Å². The Morgan fingerprint density at radius 1 is 1.63 bits per heavy atom. The summed E-state index contributed by atoms with van der Waals surface area (Å²) >= 11 is 3.26. The lowest BCUT2D eigenvalue weighted by molar-refractivity contribution is 0.00988. The molecular weight excluding hydrogens is 316 g/mol. The van der Waals surface area contributed by atoms with Gasteiger partial charge in [-0.2, -0.15) is 0 Å². The number of carbonyl (C=O) groups excluding carboxylic acids is 1. The van der Waals surface area contributed by atoms with Crippen molar-refractivity contribution in [3.8, 4) is 23.8 Å². The molecule has 1 aliphatic heterocycles. The van der Waals surface area contributed by atoms with Gasteiger partial charge in [0.15, 0.2) is 17.6 Å². The van der Waals surface area contributed by atoms with Crippen molar-refractivity contribution in [2.45, 2.75) is 6.10 Å². The van der Waals surface area contributed by atoms with E-state index in [1.807, 2.05) is 0 Å². The zero-order valence-corrected chi connectivity index (χ0v) is 11.7. The number of aromatic hydroxyl groups is 1. The Morgan fingerprint density at radius 3 is 3.00 bits per heavy atom. The van der Waals surface area contributed by atoms with Gasteiger partial charge >= 0.3 is 5.97 Å².